The normalized spacial score (nSPS) is 11.4. The minimum Gasteiger partial charge on any atom is -0.497 e. The van der Waals surface area contributed by atoms with Gasteiger partial charge < -0.3 is 14.8 Å². The third-order valence-electron chi connectivity index (χ3n) is 4.22. The predicted octanol–water partition coefficient (Wildman–Crippen LogP) is 4.30. The Kier molecular flexibility index (Phi) is 6.58. The van der Waals surface area contributed by atoms with Crippen LogP contribution in [0.2, 0.25) is 0 Å². The van der Waals surface area contributed by atoms with Crippen molar-refractivity contribution >= 4 is 17.6 Å². The molecular formula is C23H20FNO4. The highest BCUT2D eigenvalue weighted by Gasteiger charge is 2.25. The first-order valence-corrected chi connectivity index (χ1v) is 8.99. The quantitative estimate of drug-likeness (QED) is 0.608. The summed E-state index contributed by atoms with van der Waals surface area (Å²) in [7, 11) is 1.53. The Bertz CT molecular complexity index is 991. The standard InChI is InChI=1S/C23H20FNO4/c1-28-19-12-7-11-18(15-19)25-23(27)22(16-8-3-2-4-9-16)29-21(26)14-17-10-5-6-13-20(17)24/h2-13,15,22H,14H2,1H3,(H,25,27)/t22-/m1/s1. The number of benzene rings is 3. The monoisotopic (exact) mass is 393 g/mol. The number of halogens is 1. The largest absolute Gasteiger partial charge is 0.497 e. The van der Waals surface area contributed by atoms with Crippen molar-refractivity contribution < 1.29 is 23.5 Å². The lowest BCUT2D eigenvalue weighted by atomic mass is 10.1. The van der Waals surface area contributed by atoms with Crippen LogP contribution in [0.15, 0.2) is 78.9 Å². The number of methoxy groups -OCH3 is 1. The third kappa shape index (κ3) is 5.42. The molecule has 0 aliphatic rings. The first-order chi connectivity index (χ1) is 14.1. The van der Waals surface area contributed by atoms with E-state index in [-0.39, 0.29) is 12.0 Å². The van der Waals surface area contributed by atoms with E-state index in [0.29, 0.717) is 17.0 Å². The summed E-state index contributed by atoms with van der Waals surface area (Å²) in [6, 6.07) is 21.4. The molecule has 0 radical (unpaired) electrons. The second kappa shape index (κ2) is 9.50. The van der Waals surface area contributed by atoms with E-state index in [0.717, 1.165) is 0 Å². The Hall–Kier alpha value is -3.67. The summed E-state index contributed by atoms with van der Waals surface area (Å²) in [5.41, 5.74) is 1.22. The van der Waals surface area contributed by atoms with Gasteiger partial charge >= 0.3 is 5.97 Å². The van der Waals surface area contributed by atoms with Crippen molar-refractivity contribution in [3.8, 4) is 5.75 Å². The van der Waals surface area contributed by atoms with Gasteiger partial charge in [0.05, 0.1) is 13.5 Å². The molecule has 3 aromatic rings. The van der Waals surface area contributed by atoms with Crippen LogP contribution < -0.4 is 10.1 Å². The maximum absolute atomic E-state index is 13.8. The van der Waals surface area contributed by atoms with Gasteiger partial charge in [-0.05, 0) is 23.8 Å². The summed E-state index contributed by atoms with van der Waals surface area (Å²) in [5, 5.41) is 2.73. The van der Waals surface area contributed by atoms with E-state index in [9.17, 15) is 14.0 Å². The van der Waals surface area contributed by atoms with Gasteiger partial charge in [0.1, 0.15) is 11.6 Å². The van der Waals surface area contributed by atoms with Crippen LogP contribution in [-0.4, -0.2) is 19.0 Å². The number of nitrogens with one attached hydrogen (secondary N) is 1. The number of anilines is 1. The van der Waals surface area contributed by atoms with Gasteiger partial charge in [-0.15, -0.1) is 0 Å². The van der Waals surface area contributed by atoms with Crippen molar-refractivity contribution in [3.63, 3.8) is 0 Å². The van der Waals surface area contributed by atoms with Gasteiger partial charge in [-0.3, -0.25) is 9.59 Å². The lowest BCUT2D eigenvalue weighted by Gasteiger charge is -2.18. The topological polar surface area (TPSA) is 64.6 Å². The first kappa shape index (κ1) is 20.1. The van der Waals surface area contributed by atoms with Crippen molar-refractivity contribution in [3.05, 3.63) is 95.8 Å². The highest BCUT2D eigenvalue weighted by molar-refractivity contribution is 5.96. The maximum atomic E-state index is 13.8. The molecule has 6 heteroatoms. The number of ether oxygens (including phenoxy) is 2. The van der Waals surface area contributed by atoms with Crippen molar-refractivity contribution in [2.75, 3.05) is 12.4 Å². The second-order valence-electron chi connectivity index (χ2n) is 6.27. The Morgan fingerprint density at radius 2 is 1.69 bits per heavy atom. The van der Waals surface area contributed by atoms with Crippen LogP contribution in [-0.2, 0) is 20.7 Å². The highest BCUT2D eigenvalue weighted by Crippen LogP contribution is 2.23. The number of amides is 1. The molecule has 0 bridgehead atoms. The summed E-state index contributed by atoms with van der Waals surface area (Å²) in [6.45, 7) is 0. The fourth-order valence-corrected chi connectivity index (χ4v) is 2.78. The average molecular weight is 393 g/mol. The maximum Gasteiger partial charge on any atom is 0.311 e. The number of hydrogen-bond donors (Lipinski definition) is 1. The van der Waals surface area contributed by atoms with Crippen LogP contribution in [0.3, 0.4) is 0 Å². The van der Waals surface area contributed by atoms with Gasteiger partial charge in [-0.1, -0.05) is 54.6 Å². The molecule has 0 unspecified atom stereocenters. The smallest absolute Gasteiger partial charge is 0.311 e. The number of esters is 1. The van der Waals surface area contributed by atoms with Crippen molar-refractivity contribution in [1.82, 2.24) is 0 Å². The van der Waals surface area contributed by atoms with Crippen LogP contribution in [0.25, 0.3) is 0 Å². The van der Waals surface area contributed by atoms with Crippen LogP contribution in [0.5, 0.6) is 5.75 Å². The van der Waals surface area contributed by atoms with E-state index < -0.39 is 23.8 Å². The fraction of sp³-hybridized carbons (Fsp3) is 0.130. The van der Waals surface area contributed by atoms with Crippen molar-refractivity contribution in [2.45, 2.75) is 12.5 Å². The van der Waals surface area contributed by atoms with E-state index in [1.807, 2.05) is 0 Å². The van der Waals surface area contributed by atoms with Gasteiger partial charge in [0.25, 0.3) is 5.91 Å². The molecule has 0 saturated carbocycles. The molecule has 0 aromatic heterocycles. The highest BCUT2D eigenvalue weighted by atomic mass is 19.1. The molecule has 3 rings (SSSR count). The van der Waals surface area contributed by atoms with Gasteiger partial charge in [-0.25, -0.2) is 4.39 Å². The van der Waals surface area contributed by atoms with Gasteiger partial charge in [0, 0.05) is 17.3 Å². The third-order valence-corrected chi connectivity index (χ3v) is 4.22. The summed E-state index contributed by atoms with van der Waals surface area (Å²) in [4.78, 5) is 25.3. The number of carbonyl (C=O) groups is 2. The molecule has 3 aromatic carbocycles. The molecule has 1 atom stereocenters. The molecule has 1 amide bonds. The molecule has 148 valence electrons. The molecule has 0 spiro atoms. The lowest BCUT2D eigenvalue weighted by molar-refractivity contribution is -0.154. The van der Waals surface area contributed by atoms with Crippen LogP contribution in [0, 0.1) is 5.82 Å². The zero-order chi connectivity index (χ0) is 20.6. The SMILES string of the molecule is COc1cccc(NC(=O)[C@H](OC(=O)Cc2ccccc2F)c2ccccc2)c1. The molecule has 0 heterocycles. The van der Waals surface area contributed by atoms with Gasteiger partial charge in [-0.2, -0.15) is 0 Å². The molecule has 1 N–H and O–H groups in total. The van der Waals surface area contributed by atoms with Gasteiger partial charge in [0.2, 0.25) is 6.10 Å². The summed E-state index contributed by atoms with van der Waals surface area (Å²) in [6.07, 6.45) is -1.45. The minimum atomic E-state index is -1.18. The van der Waals surface area contributed by atoms with Crippen molar-refractivity contribution in [2.24, 2.45) is 0 Å². The zero-order valence-electron chi connectivity index (χ0n) is 15.8. The van der Waals surface area contributed by atoms with Crippen LogP contribution in [0.4, 0.5) is 10.1 Å². The number of hydrogen-bond acceptors (Lipinski definition) is 4. The average Bonchev–Trinajstić information content (AvgIpc) is 2.74. The predicted molar refractivity (Wildman–Crippen MR) is 107 cm³/mol. The summed E-state index contributed by atoms with van der Waals surface area (Å²) < 4.78 is 24.4. The second-order valence-corrected chi connectivity index (χ2v) is 6.27. The molecule has 0 aliphatic carbocycles. The summed E-state index contributed by atoms with van der Waals surface area (Å²) in [5.74, 6) is -1.15. The minimum absolute atomic E-state index is 0.206. The van der Waals surface area contributed by atoms with Crippen molar-refractivity contribution in [1.29, 1.82) is 0 Å². The molecule has 5 nitrogen and oxygen atoms in total. The van der Waals surface area contributed by atoms with E-state index in [1.54, 1.807) is 66.7 Å². The number of rotatable bonds is 7. The van der Waals surface area contributed by atoms with E-state index >= 15 is 0 Å². The molecular weight excluding hydrogens is 373 g/mol. The summed E-state index contributed by atoms with van der Waals surface area (Å²) >= 11 is 0. The lowest BCUT2D eigenvalue weighted by Crippen LogP contribution is -2.26. The Morgan fingerprint density at radius 3 is 2.41 bits per heavy atom. The zero-order valence-corrected chi connectivity index (χ0v) is 15.8. The Morgan fingerprint density at radius 1 is 0.966 bits per heavy atom. The number of carbonyl (C=O) groups excluding carboxylic acids is 2. The Balaban J connectivity index is 1.78. The molecule has 0 fully saturated rings. The van der Waals surface area contributed by atoms with E-state index in [4.69, 9.17) is 9.47 Å². The van der Waals surface area contributed by atoms with E-state index in [2.05, 4.69) is 5.32 Å². The molecule has 0 saturated heterocycles. The van der Waals surface area contributed by atoms with Crippen LogP contribution in [0.1, 0.15) is 17.2 Å². The molecule has 29 heavy (non-hydrogen) atoms. The fourth-order valence-electron chi connectivity index (χ4n) is 2.78. The van der Waals surface area contributed by atoms with Gasteiger partial charge in [0.15, 0.2) is 0 Å². The van der Waals surface area contributed by atoms with E-state index in [1.165, 1.54) is 19.2 Å². The first-order valence-electron chi connectivity index (χ1n) is 8.99. The Labute approximate surface area is 168 Å². The molecule has 0 aliphatic heterocycles. The van der Waals surface area contributed by atoms with Crippen LogP contribution >= 0.6 is 0 Å².